The molecule has 2 heterocycles. The van der Waals surface area contributed by atoms with Crippen molar-refractivity contribution < 1.29 is 4.52 Å². The van der Waals surface area contributed by atoms with Crippen molar-refractivity contribution in [3.05, 3.63) is 11.7 Å². The van der Waals surface area contributed by atoms with Gasteiger partial charge in [0.15, 0.2) is 5.82 Å². The van der Waals surface area contributed by atoms with Crippen molar-refractivity contribution in [3.8, 4) is 0 Å². The third-order valence-electron chi connectivity index (χ3n) is 2.68. The number of hydrogen-bond donors (Lipinski definition) is 1. The minimum atomic E-state index is -0.117. The highest BCUT2D eigenvalue weighted by atomic mass is 32.2. The van der Waals surface area contributed by atoms with Crippen molar-refractivity contribution in [2.24, 2.45) is 11.7 Å². The summed E-state index contributed by atoms with van der Waals surface area (Å²) in [5, 5.41) is 4.35. The van der Waals surface area contributed by atoms with E-state index in [2.05, 4.69) is 24.0 Å². The Morgan fingerprint density at radius 1 is 1.53 bits per heavy atom. The van der Waals surface area contributed by atoms with E-state index in [1.165, 1.54) is 12.2 Å². The van der Waals surface area contributed by atoms with E-state index in [9.17, 15) is 0 Å². The van der Waals surface area contributed by atoms with Crippen LogP contribution in [0.25, 0.3) is 0 Å². The fraction of sp³-hybridized carbons (Fsp3) is 0.800. The molecule has 1 saturated heterocycles. The molecule has 0 aliphatic carbocycles. The monoisotopic (exact) mass is 227 g/mol. The van der Waals surface area contributed by atoms with Gasteiger partial charge in [0, 0.05) is 0 Å². The SMILES string of the molecule is CC(C)C(N)c1noc(C2CCCS2)n1. The molecule has 5 heteroatoms. The van der Waals surface area contributed by atoms with Gasteiger partial charge in [0.25, 0.3) is 0 Å². The van der Waals surface area contributed by atoms with Crippen molar-refractivity contribution >= 4 is 11.8 Å². The molecule has 84 valence electrons. The molecule has 1 aromatic heterocycles. The minimum absolute atomic E-state index is 0.117. The molecule has 1 aromatic rings. The van der Waals surface area contributed by atoms with E-state index < -0.39 is 0 Å². The van der Waals surface area contributed by atoms with Gasteiger partial charge in [-0.05, 0) is 24.5 Å². The lowest BCUT2D eigenvalue weighted by Crippen LogP contribution is -2.18. The average Bonchev–Trinajstić information content (AvgIpc) is 2.86. The molecule has 1 aliphatic heterocycles. The summed E-state index contributed by atoms with van der Waals surface area (Å²) in [6.45, 7) is 4.12. The van der Waals surface area contributed by atoms with Crippen LogP contribution in [0, 0.1) is 5.92 Å². The molecule has 15 heavy (non-hydrogen) atoms. The van der Waals surface area contributed by atoms with Crippen LogP contribution in [-0.4, -0.2) is 15.9 Å². The first-order valence-corrected chi connectivity index (χ1v) is 6.44. The van der Waals surface area contributed by atoms with Gasteiger partial charge >= 0.3 is 0 Å². The van der Waals surface area contributed by atoms with Gasteiger partial charge in [0.05, 0.1) is 11.3 Å². The van der Waals surface area contributed by atoms with E-state index in [1.807, 2.05) is 11.8 Å². The van der Waals surface area contributed by atoms with Crippen molar-refractivity contribution in [2.45, 2.75) is 38.0 Å². The van der Waals surface area contributed by atoms with Crippen molar-refractivity contribution in [2.75, 3.05) is 5.75 Å². The predicted octanol–water partition coefficient (Wildman–Crippen LogP) is 2.29. The van der Waals surface area contributed by atoms with Crippen LogP contribution in [0.15, 0.2) is 4.52 Å². The van der Waals surface area contributed by atoms with Gasteiger partial charge in [0.1, 0.15) is 0 Å². The van der Waals surface area contributed by atoms with Crippen LogP contribution >= 0.6 is 11.8 Å². The molecule has 0 aromatic carbocycles. The van der Waals surface area contributed by atoms with Crippen molar-refractivity contribution in [1.82, 2.24) is 10.1 Å². The van der Waals surface area contributed by atoms with E-state index in [4.69, 9.17) is 10.3 Å². The first-order valence-electron chi connectivity index (χ1n) is 5.39. The fourth-order valence-electron chi connectivity index (χ4n) is 1.58. The maximum absolute atomic E-state index is 5.96. The zero-order valence-corrected chi connectivity index (χ0v) is 9.96. The topological polar surface area (TPSA) is 64.9 Å². The zero-order valence-electron chi connectivity index (χ0n) is 9.14. The van der Waals surface area contributed by atoms with Gasteiger partial charge in [-0.1, -0.05) is 19.0 Å². The van der Waals surface area contributed by atoms with Gasteiger partial charge in [-0.25, -0.2) is 0 Å². The summed E-state index contributed by atoms with van der Waals surface area (Å²) in [6.07, 6.45) is 2.38. The molecular formula is C10H17N3OS. The Bertz CT molecular complexity index is 304. The summed E-state index contributed by atoms with van der Waals surface area (Å²) >= 11 is 1.89. The summed E-state index contributed by atoms with van der Waals surface area (Å²) < 4.78 is 5.26. The summed E-state index contributed by atoms with van der Waals surface area (Å²) in [6, 6.07) is -0.117. The normalized spacial score (nSPS) is 23.6. The van der Waals surface area contributed by atoms with E-state index in [1.54, 1.807) is 0 Å². The molecular weight excluding hydrogens is 210 g/mol. The Kier molecular flexibility index (Phi) is 3.31. The van der Waals surface area contributed by atoms with Gasteiger partial charge in [-0.3, -0.25) is 0 Å². The Hall–Kier alpha value is -0.550. The van der Waals surface area contributed by atoms with Crippen LogP contribution in [0.2, 0.25) is 0 Å². The van der Waals surface area contributed by atoms with E-state index >= 15 is 0 Å². The van der Waals surface area contributed by atoms with Crippen LogP contribution in [-0.2, 0) is 0 Å². The van der Waals surface area contributed by atoms with Gasteiger partial charge in [0.2, 0.25) is 5.89 Å². The molecule has 4 nitrogen and oxygen atoms in total. The van der Waals surface area contributed by atoms with Crippen LogP contribution in [0.5, 0.6) is 0 Å². The highest BCUT2D eigenvalue weighted by Crippen LogP contribution is 2.39. The second kappa shape index (κ2) is 4.53. The van der Waals surface area contributed by atoms with Gasteiger partial charge < -0.3 is 10.3 Å². The van der Waals surface area contributed by atoms with Crippen LogP contribution in [0.1, 0.15) is 49.7 Å². The Morgan fingerprint density at radius 3 is 2.93 bits per heavy atom. The van der Waals surface area contributed by atoms with Crippen LogP contribution in [0.3, 0.4) is 0 Å². The molecule has 1 fully saturated rings. The van der Waals surface area contributed by atoms with Crippen molar-refractivity contribution in [1.29, 1.82) is 0 Å². The quantitative estimate of drug-likeness (QED) is 0.858. The first-order chi connectivity index (χ1) is 7.18. The number of rotatable bonds is 3. The first kappa shape index (κ1) is 11.0. The zero-order chi connectivity index (χ0) is 10.8. The Balaban J connectivity index is 2.09. The van der Waals surface area contributed by atoms with Gasteiger partial charge in [-0.2, -0.15) is 4.98 Å². The molecule has 2 unspecified atom stereocenters. The summed E-state index contributed by atoms with van der Waals surface area (Å²) in [5.41, 5.74) is 5.96. The lowest BCUT2D eigenvalue weighted by molar-refractivity contribution is 0.360. The highest BCUT2D eigenvalue weighted by Gasteiger charge is 2.25. The van der Waals surface area contributed by atoms with Gasteiger partial charge in [-0.15, -0.1) is 11.8 Å². The van der Waals surface area contributed by atoms with Crippen LogP contribution < -0.4 is 5.73 Å². The lowest BCUT2D eigenvalue weighted by Gasteiger charge is -2.09. The summed E-state index contributed by atoms with van der Waals surface area (Å²) in [7, 11) is 0. The second-order valence-corrected chi connectivity index (χ2v) is 5.57. The number of nitrogens with zero attached hydrogens (tertiary/aromatic N) is 2. The molecule has 2 atom stereocenters. The second-order valence-electron chi connectivity index (χ2n) is 4.26. The predicted molar refractivity (Wildman–Crippen MR) is 60.5 cm³/mol. The molecule has 0 amide bonds. The minimum Gasteiger partial charge on any atom is -0.338 e. The average molecular weight is 227 g/mol. The molecule has 2 rings (SSSR count). The smallest absolute Gasteiger partial charge is 0.239 e. The summed E-state index contributed by atoms with van der Waals surface area (Å²) in [4.78, 5) is 4.39. The molecule has 0 spiro atoms. The number of hydrogen-bond acceptors (Lipinski definition) is 5. The van der Waals surface area contributed by atoms with Crippen LogP contribution in [0.4, 0.5) is 0 Å². The number of thioether (sulfide) groups is 1. The molecule has 0 saturated carbocycles. The fourth-order valence-corrected chi connectivity index (χ4v) is 2.77. The largest absolute Gasteiger partial charge is 0.338 e. The summed E-state index contributed by atoms with van der Waals surface area (Å²) in [5.74, 6) is 2.93. The highest BCUT2D eigenvalue weighted by molar-refractivity contribution is 7.99. The molecule has 0 bridgehead atoms. The maximum Gasteiger partial charge on any atom is 0.239 e. The van der Waals surface area contributed by atoms with E-state index in [0.29, 0.717) is 17.0 Å². The Morgan fingerprint density at radius 2 is 2.33 bits per heavy atom. The third kappa shape index (κ3) is 2.34. The maximum atomic E-state index is 5.96. The molecule has 1 aliphatic rings. The number of nitrogens with two attached hydrogens (primary N) is 1. The van der Waals surface area contributed by atoms with E-state index in [0.717, 1.165) is 12.3 Å². The molecule has 0 radical (unpaired) electrons. The lowest BCUT2D eigenvalue weighted by atomic mass is 10.1. The number of aromatic nitrogens is 2. The van der Waals surface area contributed by atoms with Crippen molar-refractivity contribution in [3.63, 3.8) is 0 Å². The Labute approximate surface area is 94.0 Å². The van der Waals surface area contributed by atoms with E-state index in [-0.39, 0.29) is 6.04 Å². The third-order valence-corrected chi connectivity index (χ3v) is 4.04. The standard InChI is InChI=1S/C10H17N3OS/c1-6(2)8(11)9-12-10(14-13-9)7-4-3-5-15-7/h6-8H,3-5,11H2,1-2H3. The molecule has 2 N–H and O–H groups in total.